The van der Waals surface area contributed by atoms with Gasteiger partial charge in [0.25, 0.3) is 0 Å². The van der Waals surface area contributed by atoms with Crippen molar-refractivity contribution in [3.63, 3.8) is 0 Å². The Balaban J connectivity index is 2.13. The van der Waals surface area contributed by atoms with Crippen LogP contribution in [0.5, 0.6) is 5.75 Å². The fourth-order valence-electron chi connectivity index (χ4n) is 2.08. The number of halogens is 1. The van der Waals surface area contributed by atoms with Gasteiger partial charge in [-0.2, -0.15) is 0 Å². The first-order valence-corrected chi connectivity index (χ1v) is 6.66. The Labute approximate surface area is 109 Å². The normalized spacial score (nSPS) is 13.3. The number of hydrogen-bond acceptors (Lipinski definition) is 3. The maximum Gasteiger partial charge on any atom is 0.137 e. The average Bonchev–Trinajstić information content (AvgIpc) is 2.74. The number of carbonyl (C=O) groups excluding carboxylic acids is 1. The predicted octanol–water partition coefficient (Wildman–Crippen LogP) is 2.23. The van der Waals surface area contributed by atoms with E-state index in [0.29, 0.717) is 19.4 Å². The van der Waals surface area contributed by atoms with E-state index in [2.05, 4.69) is 22.0 Å². The van der Waals surface area contributed by atoms with E-state index in [-0.39, 0.29) is 5.78 Å². The highest BCUT2D eigenvalue weighted by Gasteiger charge is 2.18. The van der Waals surface area contributed by atoms with Crippen LogP contribution in [0.4, 0.5) is 0 Å². The van der Waals surface area contributed by atoms with Crippen molar-refractivity contribution in [2.45, 2.75) is 25.7 Å². The lowest BCUT2D eigenvalue weighted by molar-refractivity contribution is -0.118. The van der Waals surface area contributed by atoms with Crippen molar-refractivity contribution >= 4 is 21.7 Å². The molecule has 2 rings (SSSR count). The minimum atomic E-state index is 0.228. The van der Waals surface area contributed by atoms with Gasteiger partial charge in [0, 0.05) is 29.3 Å². The smallest absolute Gasteiger partial charge is 0.137 e. The van der Waals surface area contributed by atoms with Crippen molar-refractivity contribution in [2.24, 2.45) is 5.73 Å². The first-order chi connectivity index (χ1) is 8.20. The van der Waals surface area contributed by atoms with E-state index in [1.807, 2.05) is 6.07 Å². The molecule has 0 atom stereocenters. The number of rotatable bonds is 5. The standard InChI is InChI=1S/C13H16BrNO2/c14-11-6-9-3-5-17-13(9)10(7-11)8-12(16)2-1-4-15/h6-7H,1-5,8,15H2. The molecule has 0 unspecified atom stereocenters. The van der Waals surface area contributed by atoms with E-state index in [1.165, 1.54) is 5.56 Å². The number of carbonyl (C=O) groups is 1. The molecule has 2 N–H and O–H groups in total. The molecule has 0 saturated heterocycles. The summed E-state index contributed by atoms with van der Waals surface area (Å²) in [5.41, 5.74) is 7.59. The van der Waals surface area contributed by atoms with Crippen LogP contribution in [0.1, 0.15) is 24.0 Å². The Hall–Kier alpha value is -0.870. The number of benzene rings is 1. The monoisotopic (exact) mass is 297 g/mol. The Kier molecular flexibility index (Phi) is 4.18. The number of fused-ring (bicyclic) bond motifs is 1. The number of nitrogens with two attached hydrogens (primary N) is 1. The van der Waals surface area contributed by atoms with E-state index < -0.39 is 0 Å². The fraction of sp³-hybridized carbons (Fsp3) is 0.462. The summed E-state index contributed by atoms with van der Waals surface area (Å²) in [5.74, 6) is 1.14. The zero-order chi connectivity index (χ0) is 12.3. The van der Waals surface area contributed by atoms with Gasteiger partial charge in [0.05, 0.1) is 6.61 Å². The zero-order valence-electron chi connectivity index (χ0n) is 9.67. The van der Waals surface area contributed by atoms with E-state index in [0.717, 1.165) is 35.2 Å². The van der Waals surface area contributed by atoms with E-state index in [9.17, 15) is 4.79 Å². The molecule has 1 aromatic carbocycles. The molecule has 1 aliphatic heterocycles. The molecule has 0 bridgehead atoms. The summed E-state index contributed by atoms with van der Waals surface area (Å²) in [6.07, 6.45) is 2.69. The summed E-state index contributed by atoms with van der Waals surface area (Å²) < 4.78 is 6.61. The van der Waals surface area contributed by atoms with Crippen LogP contribution < -0.4 is 10.5 Å². The van der Waals surface area contributed by atoms with Gasteiger partial charge < -0.3 is 10.5 Å². The van der Waals surface area contributed by atoms with Crippen molar-refractivity contribution in [1.29, 1.82) is 0 Å². The zero-order valence-corrected chi connectivity index (χ0v) is 11.3. The van der Waals surface area contributed by atoms with Crippen LogP contribution in [-0.2, 0) is 17.6 Å². The number of ketones is 1. The van der Waals surface area contributed by atoms with Gasteiger partial charge in [0.15, 0.2) is 0 Å². The molecule has 1 aromatic rings. The Morgan fingerprint density at radius 3 is 3.06 bits per heavy atom. The van der Waals surface area contributed by atoms with Crippen LogP contribution in [-0.4, -0.2) is 18.9 Å². The van der Waals surface area contributed by atoms with Crippen LogP contribution in [0.15, 0.2) is 16.6 Å². The maximum absolute atomic E-state index is 11.8. The number of Topliss-reactive ketones (excluding diaryl/α,β-unsaturated/α-hetero) is 1. The minimum absolute atomic E-state index is 0.228. The molecule has 1 aliphatic rings. The Morgan fingerprint density at radius 2 is 2.29 bits per heavy atom. The quantitative estimate of drug-likeness (QED) is 0.907. The van der Waals surface area contributed by atoms with Gasteiger partial charge in [0.2, 0.25) is 0 Å². The van der Waals surface area contributed by atoms with Crippen LogP contribution in [0.25, 0.3) is 0 Å². The topological polar surface area (TPSA) is 52.3 Å². The van der Waals surface area contributed by atoms with Gasteiger partial charge >= 0.3 is 0 Å². The number of ether oxygens (including phenoxy) is 1. The second-order valence-corrected chi connectivity index (χ2v) is 5.17. The molecule has 0 aliphatic carbocycles. The molecule has 1 heterocycles. The van der Waals surface area contributed by atoms with Gasteiger partial charge in [-0.25, -0.2) is 0 Å². The van der Waals surface area contributed by atoms with E-state index in [1.54, 1.807) is 0 Å². The fourth-order valence-corrected chi connectivity index (χ4v) is 2.63. The molecule has 0 amide bonds. The minimum Gasteiger partial charge on any atom is -0.493 e. The third-order valence-electron chi connectivity index (χ3n) is 2.87. The molecule has 92 valence electrons. The highest BCUT2D eigenvalue weighted by atomic mass is 79.9. The first kappa shape index (κ1) is 12.6. The molecular weight excluding hydrogens is 282 g/mol. The maximum atomic E-state index is 11.8. The van der Waals surface area contributed by atoms with E-state index in [4.69, 9.17) is 10.5 Å². The average molecular weight is 298 g/mol. The molecule has 0 aromatic heterocycles. The van der Waals surface area contributed by atoms with Crippen LogP contribution in [0, 0.1) is 0 Å². The van der Waals surface area contributed by atoms with Crippen molar-refractivity contribution in [3.8, 4) is 5.75 Å². The second kappa shape index (κ2) is 5.65. The lowest BCUT2D eigenvalue weighted by Gasteiger charge is -2.08. The van der Waals surface area contributed by atoms with E-state index >= 15 is 0 Å². The summed E-state index contributed by atoms with van der Waals surface area (Å²) in [6.45, 7) is 1.29. The third kappa shape index (κ3) is 3.07. The molecule has 0 fully saturated rings. The number of hydrogen-bond donors (Lipinski definition) is 1. The molecule has 3 nitrogen and oxygen atoms in total. The van der Waals surface area contributed by atoms with Crippen molar-refractivity contribution < 1.29 is 9.53 Å². The van der Waals surface area contributed by atoms with Crippen molar-refractivity contribution in [3.05, 3.63) is 27.7 Å². The lowest BCUT2D eigenvalue weighted by atomic mass is 10.0. The largest absolute Gasteiger partial charge is 0.493 e. The molecule has 0 radical (unpaired) electrons. The second-order valence-electron chi connectivity index (χ2n) is 4.26. The molecule has 0 saturated carbocycles. The van der Waals surface area contributed by atoms with Gasteiger partial charge in [-0.05, 0) is 30.7 Å². The van der Waals surface area contributed by atoms with Crippen LogP contribution in [0.2, 0.25) is 0 Å². The van der Waals surface area contributed by atoms with Gasteiger partial charge in [-0.15, -0.1) is 0 Å². The summed E-state index contributed by atoms with van der Waals surface area (Å²) >= 11 is 3.47. The van der Waals surface area contributed by atoms with Gasteiger partial charge in [0.1, 0.15) is 11.5 Å². The Morgan fingerprint density at radius 1 is 1.47 bits per heavy atom. The summed E-state index contributed by atoms with van der Waals surface area (Å²) in [6, 6.07) is 4.04. The molecular formula is C13H16BrNO2. The SMILES string of the molecule is NCCCC(=O)Cc1cc(Br)cc2c1OCC2. The predicted molar refractivity (Wildman–Crippen MR) is 70.3 cm³/mol. The molecule has 4 heteroatoms. The van der Waals surface area contributed by atoms with Gasteiger partial charge in [-0.3, -0.25) is 4.79 Å². The highest BCUT2D eigenvalue weighted by Crippen LogP contribution is 2.33. The Bertz CT molecular complexity index is 432. The van der Waals surface area contributed by atoms with Crippen molar-refractivity contribution in [1.82, 2.24) is 0 Å². The van der Waals surface area contributed by atoms with Crippen LogP contribution >= 0.6 is 15.9 Å². The summed E-state index contributed by atoms with van der Waals surface area (Å²) in [7, 11) is 0. The molecule has 17 heavy (non-hydrogen) atoms. The lowest BCUT2D eigenvalue weighted by Crippen LogP contribution is -2.07. The van der Waals surface area contributed by atoms with Gasteiger partial charge in [-0.1, -0.05) is 15.9 Å². The van der Waals surface area contributed by atoms with Crippen molar-refractivity contribution in [2.75, 3.05) is 13.2 Å². The summed E-state index contributed by atoms with van der Waals surface area (Å²) in [4.78, 5) is 11.8. The highest BCUT2D eigenvalue weighted by molar-refractivity contribution is 9.10. The summed E-state index contributed by atoms with van der Waals surface area (Å²) in [5, 5.41) is 0. The molecule has 0 spiro atoms. The van der Waals surface area contributed by atoms with Crippen LogP contribution in [0.3, 0.4) is 0 Å². The third-order valence-corrected chi connectivity index (χ3v) is 3.33. The first-order valence-electron chi connectivity index (χ1n) is 5.86.